The van der Waals surface area contributed by atoms with E-state index in [0.717, 1.165) is 31.2 Å². The van der Waals surface area contributed by atoms with Gasteiger partial charge < -0.3 is 26.1 Å². The number of nitrogens with one attached hydrogen (secondary N) is 4. The number of nitrogen functional groups attached to an aromatic ring is 1. The lowest BCUT2D eigenvalue weighted by molar-refractivity contribution is -0.182. The fraction of sp³-hybridized carbons (Fsp3) is 0.567. The first-order valence-corrected chi connectivity index (χ1v) is 14.7. The number of nitrogens with two attached hydrogens (primary N) is 1. The molecule has 2 aromatic rings. The number of aliphatic imine (C=N–C) groups is 1. The SMILES string of the molecule is CC.CC.CC=NC.N=C(c1ccc(CNC(=O)C2COCC(C(F)(F)F)N2)cc1)c1c(N)ncnc1NC1CCCC1. The molecule has 0 spiro atoms. The van der Waals surface area contributed by atoms with Crippen molar-refractivity contribution in [3.05, 3.63) is 47.3 Å². The molecule has 4 rings (SSSR count). The van der Waals surface area contributed by atoms with Crippen LogP contribution in [0.2, 0.25) is 0 Å². The minimum absolute atomic E-state index is 0.117. The van der Waals surface area contributed by atoms with Crippen molar-refractivity contribution in [3.63, 3.8) is 0 Å². The highest BCUT2D eigenvalue weighted by atomic mass is 19.4. The fourth-order valence-corrected chi connectivity index (χ4v) is 4.25. The summed E-state index contributed by atoms with van der Waals surface area (Å²) in [6.45, 7) is 9.36. The third kappa shape index (κ3) is 11.9. The molecule has 43 heavy (non-hydrogen) atoms. The number of aromatic nitrogens is 2. The van der Waals surface area contributed by atoms with Gasteiger partial charge in [0, 0.05) is 25.2 Å². The Morgan fingerprint density at radius 1 is 1.14 bits per heavy atom. The molecule has 1 aliphatic heterocycles. The topological polar surface area (TPSA) is 150 Å². The molecule has 2 fully saturated rings. The van der Waals surface area contributed by atoms with Gasteiger partial charge in [-0.1, -0.05) is 64.8 Å². The Morgan fingerprint density at radius 2 is 1.74 bits per heavy atom. The smallest absolute Gasteiger partial charge is 0.383 e. The molecule has 1 aromatic carbocycles. The third-order valence-corrected chi connectivity index (χ3v) is 6.47. The molecular weight excluding hydrogens is 561 g/mol. The number of ether oxygens (including phenoxy) is 1. The van der Waals surface area contributed by atoms with Gasteiger partial charge in [-0.2, -0.15) is 13.2 Å². The molecule has 0 radical (unpaired) electrons. The number of carbonyl (C=O) groups excluding carboxylic acids is 1. The van der Waals surface area contributed by atoms with E-state index in [2.05, 4.69) is 30.9 Å². The summed E-state index contributed by atoms with van der Waals surface area (Å²) in [7, 11) is 1.75. The zero-order valence-corrected chi connectivity index (χ0v) is 26.0. The van der Waals surface area contributed by atoms with Crippen molar-refractivity contribution in [3.8, 4) is 0 Å². The highest BCUT2D eigenvalue weighted by Gasteiger charge is 2.44. The van der Waals surface area contributed by atoms with Crippen molar-refractivity contribution < 1.29 is 22.7 Å². The quantitative estimate of drug-likeness (QED) is 0.274. The minimum Gasteiger partial charge on any atom is -0.383 e. The Hall–Kier alpha value is -3.58. The van der Waals surface area contributed by atoms with Gasteiger partial charge in [-0.15, -0.1) is 0 Å². The van der Waals surface area contributed by atoms with Gasteiger partial charge in [-0.3, -0.25) is 15.5 Å². The average molecular weight is 609 g/mol. The van der Waals surface area contributed by atoms with Crippen LogP contribution in [0.25, 0.3) is 0 Å². The number of hydrogen-bond acceptors (Lipinski definition) is 9. The first-order valence-electron chi connectivity index (χ1n) is 14.7. The number of hydrogen-bond donors (Lipinski definition) is 5. The molecule has 1 saturated heterocycles. The highest BCUT2D eigenvalue weighted by Crippen LogP contribution is 2.27. The zero-order valence-electron chi connectivity index (χ0n) is 26.0. The molecule has 10 nitrogen and oxygen atoms in total. The molecule has 2 heterocycles. The normalized spacial score (nSPS) is 18.3. The van der Waals surface area contributed by atoms with Crippen molar-refractivity contribution >= 4 is 29.5 Å². The molecule has 13 heteroatoms. The zero-order chi connectivity index (χ0) is 32.4. The molecule has 2 atom stereocenters. The van der Waals surface area contributed by atoms with E-state index in [1.54, 1.807) is 37.5 Å². The monoisotopic (exact) mass is 608 g/mol. The molecule has 0 bridgehead atoms. The molecular formula is C30H47F3N8O2. The number of nitrogens with zero attached hydrogens (tertiary/aromatic N) is 3. The second-order valence-corrected chi connectivity index (χ2v) is 9.27. The Morgan fingerprint density at radius 3 is 2.30 bits per heavy atom. The summed E-state index contributed by atoms with van der Waals surface area (Å²) >= 11 is 0. The van der Waals surface area contributed by atoms with Gasteiger partial charge in [-0.25, -0.2) is 9.97 Å². The number of anilines is 2. The van der Waals surface area contributed by atoms with E-state index in [0.29, 0.717) is 16.9 Å². The van der Waals surface area contributed by atoms with Crippen molar-refractivity contribution in [2.24, 2.45) is 4.99 Å². The summed E-state index contributed by atoms with van der Waals surface area (Å²) in [5.74, 6) is 0.166. The summed E-state index contributed by atoms with van der Waals surface area (Å²) in [6.07, 6.45) is 3.01. The van der Waals surface area contributed by atoms with Gasteiger partial charge >= 0.3 is 6.18 Å². The van der Waals surface area contributed by atoms with Gasteiger partial charge in [-0.05, 0) is 31.5 Å². The van der Waals surface area contributed by atoms with Crippen LogP contribution < -0.4 is 21.7 Å². The van der Waals surface area contributed by atoms with Crippen LogP contribution in [0.15, 0.2) is 35.6 Å². The molecule has 2 unspecified atom stereocenters. The van der Waals surface area contributed by atoms with Gasteiger partial charge in [0.2, 0.25) is 5.91 Å². The number of amides is 1. The first-order chi connectivity index (χ1) is 20.6. The van der Waals surface area contributed by atoms with Gasteiger partial charge in [0.15, 0.2) is 0 Å². The Kier molecular flexibility index (Phi) is 17.0. The van der Waals surface area contributed by atoms with E-state index < -0.39 is 30.8 Å². The van der Waals surface area contributed by atoms with Crippen LogP contribution in [0.1, 0.15) is 77.0 Å². The maximum atomic E-state index is 12.9. The number of benzene rings is 1. The van der Waals surface area contributed by atoms with Crippen LogP contribution in [-0.2, 0) is 16.1 Å². The summed E-state index contributed by atoms with van der Waals surface area (Å²) in [4.78, 5) is 24.3. The maximum Gasteiger partial charge on any atom is 0.406 e. The van der Waals surface area contributed by atoms with Crippen molar-refractivity contribution in [1.82, 2.24) is 20.6 Å². The van der Waals surface area contributed by atoms with E-state index in [1.165, 1.54) is 6.33 Å². The first kappa shape index (κ1) is 37.4. The van der Waals surface area contributed by atoms with E-state index >= 15 is 0 Å². The Labute approximate surface area is 253 Å². The number of rotatable bonds is 7. The van der Waals surface area contributed by atoms with Crippen LogP contribution in [0.5, 0.6) is 0 Å². The Bertz CT molecular complexity index is 1130. The van der Waals surface area contributed by atoms with Gasteiger partial charge in [0.25, 0.3) is 0 Å². The van der Waals surface area contributed by atoms with E-state index in [-0.39, 0.29) is 30.7 Å². The fourth-order valence-electron chi connectivity index (χ4n) is 4.25. The summed E-state index contributed by atoms with van der Waals surface area (Å²) in [5.41, 5.74) is 8.00. The lowest BCUT2D eigenvalue weighted by atomic mass is 10.0. The lowest BCUT2D eigenvalue weighted by Gasteiger charge is -2.31. The summed E-state index contributed by atoms with van der Waals surface area (Å²) in [5, 5.41) is 17.0. The molecule has 240 valence electrons. The van der Waals surface area contributed by atoms with Gasteiger partial charge in [0.1, 0.15) is 30.0 Å². The molecule has 1 aromatic heterocycles. The van der Waals surface area contributed by atoms with Crippen molar-refractivity contribution in [2.75, 3.05) is 31.3 Å². The summed E-state index contributed by atoms with van der Waals surface area (Å²) in [6, 6.07) is 4.23. The lowest BCUT2D eigenvalue weighted by Crippen LogP contribution is -2.60. The number of morpholine rings is 1. The van der Waals surface area contributed by atoms with Crippen LogP contribution in [0.4, 0.5) is 24.8 Å². The van der Waals surface area contributed by atoms with Crippen molar-refractivity contribution in [1.29, 1.82) is 5.41 Å². The summed E-state index contributed by atoms with van der Waals surface area (Å²) < 4.78 is 43.6. The predicted octanol–water partition coefficient (Wildman–Crippen LogP) is 5.12. The predicted molar refractivity (Wildman–Crippen MR) is 167 cm³/mol. The molecule has 1 aliphatic carbocycles. The van der Waals surface area contributed by atoms with Crippen molar-refractivity contribution in [2.45, 2.75) is 91.1 Å². The second-order valence-electron chi connectivity index (χ2n) is 9.27. The average Bonchev–Trinajstić information content (AvgIpc) is 3.55. The van der Waals surface area contributed by atoms with E-state index in [1.807, 2.05) is 34.6 Å². The van der Waals surface area contributed by atoms with E-state index in [4.69, 9.17) is 15.9 Å². The van der Waals surface area contributed by atoms with E-state index in [9.17, 15) is 18.0 Å². The van der Waals surface area contributed by atoms with Crippen LogP contribution in [0, 0.1) is 5.41 Å². The number of alkyl halides is 3. The molecule has 1 amide bonds. The van der Waals surface area contributed by atoms with Crippen LogP contribution in [-0.4, -0.2) is 72.4 Å². The Balaban J connectivity index is 0.00000105. The third-order valence-electron chi connectivity index (χ3n) is 6.47. The number of carbonyl (C=O) groups is 1. The largest absolute Gasteiger partial charge is 0.406 e. The minimum atomic E-state index is -4.49. The molecule has 1 saturated carbocycles. The second kappa shape index (κ2) is 19.6. The standard InChI is InChI=1S/C23H28F3N7O2.C3H7N.2C2H6/c24-23(25,26)17-11-35-10-16(33-17)22(34)29-9-13-5-7-14(8-6-13)19(27)18-20(28)30-12-31-21(18)32-15-3-1-2-4-15;1-3-4-2;2*1-2/h5-8,12,15-17,27,33H,1-4,9-11H2,(H,29,34)(H3,28,30,31,32);3H,1-2H3;2*1-2H3. The molecule has 6 N–H and O–H groups in total. The number of halogens is 3. The molecule has 2 aliphatic rings. The van der Waals surface area contributed by atoms with Crippen LogP contribution in [0.3, 0.4) is 0 Å². The van der Waals surface area contributed by atoms with Gasteiger partial charge in [0.05, 0.1) is 24.5 Å². The highest BCUT2D eigenvalue weighted by molar-refractivity contribution is 6.16. The maximum absolute atomic E-state index is 12.9. The van der Waals surface area contributed by atoms with Crippen LogP contribution >= 0.6 is 0 Å².